The first kappa shape index (κ1) is 22.4. The van der Waals surface area contributed by atoms with E-state index in [0.717, 1.165) is 42.7 Å². The summed E-state index contributed by atoms with van der Waals surface area (Å²) in [5.74, 6) is -1.05. The molecule has 0 radical (unpaired) electrons. The monoisotopic (exact) mass is 435 g/mol. The van der Waals surface area contributed by atoms with E-state index in [1.54, 1.807) is 31.2 Å². The standard InChI is InChI=1S/C21H29N3O5S/c1-15(25)16-8-7-11-18(12-16)24-19(26)13-23(30(3,28)29)14-21(24,2)20(27)22-17-9-5-4-6-10-17/h7-8,11-12,17H,4-6,9-10,13-14H2,1-3H3,(H,22,27). The lowest BCUT2D eigenvalue weighted by molar-refractivity contribution is -0.133. The molecule has 1 aliphatic heterocycles. The summed E-state index contributed by atoms with van der Waals surface area (Å²) in [6.45, 7) is 2.51. The van der Waals surface area contributed by atoms with Crippen LogP contribution in [0.4, 0.5) is 5.69 Å². The second-order valence-corrected chi connectivity index (χ2v) is 10.4. The van der Waals surface area contributed by atoms with Crippen LogP contribution in [0, 0.1) is 0 Å². The van der Waals surface area contributed by atoms with Gasteiger partial charge >= 0.3 is 0 Å². The Kier molecular flexibility index (Phi) is 6.33. The van der Waals surface area contributed by atoms with Gasteiger partial charge in [0.25, 0.3) is 0 Å². The van der Waals surface area contributed by atoms with Crippen molar-refractivity contribution in [3.05, 3.63) is 29.8 Å². The van der Waals surface area contributed by atoms with Gasteiger partial charge in [-0.3, -0.25) is 19.3 Å². The molecule has 0 bridgehead atoms. The molecular weight excluding hydrogens is 406 g/mol. The normalized spacial score (nSPS) is 24.0. The average molecular weight is 436 g/mol. The number of nitrogens with zero attached hydrogens (tertiary/aromatic N) is 2. The molecule has 0 aromatic heterocycles. The van der Waals surface area contributed by atoms with Crippen LogP contribution in [0.5, 0.6) is 0 Å². The highest BCUT2D eigenvalue weighted by Crippen LogP contribution is 2.32. The zero-order valence-electron chi connectivity index (χ0n) is 17.7. The molecule has 164 valence electrons. The number of ketones is 1. The molecule has 2 fully saturated rings. The van der Waals surface area contributed by atoms with Gasteiger partial charge < -0.3 is 5.32 Å². The Morgan fingerprint density at radius 2 is 1.83 bits per heavy atom. The van der Waals surface area contributed by atoms with E-state index in [2.05, 4.69) is 5.32 Å². The smallest absolute Gasteiger partial charge is 0.247 e. The summed E-state index contributed by atoms with van der Waals surface area (Å²) in [5, 5.41) is 3.04. The SMILES string of the molecule is CC(=O)c1cccc(N2C(=O)CN(S(C)(=O)=O)CC2(C)C(=O)NC2CCCCC2)c1. The van der Waals surface area contributed by atoms with E-state index in [-0.39, 0.29) is 30.8 Å². The summed E-state index contributed by atoms with van der Waals surface area (Å²) in [7, 11) is -3.67. The number of carbonyl (C=O) groups is 3. The van der Waals surface area contributed by atoms with Crippen LogP contribution in [-0.4, -0.2) is 61.2 Å². The number of benzene rings is 1. The zero-order chi connectivity index (χ0) is 22.1. The molecule has 1 atom stereocenters. The number of Topliss-reactive ketones (excluding diaryl/α,β-unsaturated/α-hetero) is 1. The van der Waals surface area contributed by atoms with Gasteiger partial charge in [0.2, 0.25) is 21.8 Å². The first-order valence-electron chi connectivity index (χ1n) is 10.2. The van der Waals surface area contributed by atoms with E-state index >= 15 is 0 Å². The van der Waals surface area contributed by atoms with Gasteiger partial charge in [0.1, 0.15) is 5.54 Å². The summed E-state index contributed by atoms with van der Waals surface area (Å²) >= 11 is 0. The van der Waals surface area contributed by atoms with Crippen molar-refractivity contribution in [1.82, 2.24) is 9.62 Å². The minimum atomic E-state index is -3.67. The molecule has 1 heterocycles. The minimum Gasteiger partial charge on any atom is -0.351 e. The molecule has 2 aliphatic rings. The van der Waals surface area contributed by atoms with Gasteiger partial charge in [0.05, 0.1) is 12.8 Å². The summed E-state index contributed by atoms with van der Waals surface area (Å²) < 4.78 is 25.4. The summed E-state index contributed by atoms with van der Waals surface area (Å²) in [4.78, 5) is 39.7. The molecule has 1 saturated carbocycles. The highest BCUT2D eigenvalue weighted by Gasteiger charge is 2.50. The van der Waals surface area contributed by atoms with E-state index in [1.807, 2.05) is 0 Å². The van der Waals surface area contributed by atoms with Gasteiger partial charge in [-0.1, -0.05) is 31.4 Å². The number of anilines is 1. The molecule has 1 saturated heterocycles. The molecule has 1 unspecified atom stereocenters. The highest BCUT2D eigenvalue weighted by molar-refractivity contribution is 7.88. The third-order valence-electron chi connectivity index (χ3n) is 5.95. The fraction of sp³-hybridized carbons (Fsp3) is 0.571. The number of piperazine rings is 1. The third-order valence-corrected chi connectivity index (χ3v) is 7.14. The number of rotatable bonds is 5. The fourth-order valence-electron chi connectivity index (χ4n) is 4.26. The Bertz CT molecular complexity index is 955. The van der Waals surface area contributed by atoms with Crippen molar-refractivity contribution < 1.29 is 22.8 Å². The van der Waals surface area contributed by atoms with Crippen LogP contribution in [0.1, 0.15) is 56.3 Å². The van der Waals surface area contributed by atoms with Crippen molar-refractivity contribution >= 4 is 33.3 Å². The molecule has 9 heteroatoms. The lowest BCUT2D eigenvalue weighted by Gasteiger charge is -2.47. The lowest BCUT2D eigenvalue weighted by Crippen LogP contribution is -2.70. The van der Waals surface area contributed by atoms with Gasteiger partial charge in [-0.2, -0.15) is 4.31 Å². The average Bonchev–Trinajstić information content (AvgIpc) is 2.67. The fourth-order valence-corrected chi connectivity index (χ4v) is 5.09. The van der Waals surface area contributed by atoms with Gasteiger partial charge in [-0.15, -0.1) is 0 Å². The quantitative estimate of drug-likeness (QED) is 0.709. The van der Waals surface area contributed by atoms with Crippen molar-refractivity contribution in [2.45, 2.75) is 57.5 Å². The maximum Gasteiger partial charge on any atom is 0.247 e. The van der Waals surface area contributed by atoms with Gasteiger partial charge in [-0.05, 0) is 38.8 Å². The Hall–Kier alpha value is -2.26. The highest BCUT2D eigenvalue weighted by atomic mass is 32.2. The van der Waals surface area contributed by atoms with Crippen molar-refractivity contribution in [3.63, 3.8) is 0 Å². The predicted octanol–water partition coefficient (Wildman–Crippen LogP) is 1.70. The Morgan fingerprint density at radius 1 is 1.17 bits per heavy atom. The molecule has 8 nitrogen and oxygen atoms in total. The minimum absolute atomic E-state index is 0.0113. The molecule has 1 aromatic rings. The van der Waals surface area contributed by atoms with Crippen LogP contribution in [0.15, 0.2) is 24.3 Å². The maximum atomic E-state index is 13.4. The van der Waals surface area contributed by atoms with Crippen LogP contribution in [-0.2, 0) is 19.6 Å². The topological polar surface area (TPSA) is 104 Å². The third kappa shape index (κ3) is 4.57. The van der Waals surface area contributed by atoms with Crippen LogP contribution >= 0.6 is 0 Å². The first-order valence-corrected chi connectivity index (χ1v) is 12.1. The second-order valence-electron chi connectivity index (χ2n) is 8.45. The van der Waals surface area contributed by atoms with E-state index < -0.39 is 21.5 Å². The first-order chi connectivity index (χ1) is 14.0. The van der Waals surface area contributed by atoms with Crippen LogP contribution in [0.3, 0.4) is 0 Å². The lowest BCUT2D eigenvalue weighted by atomic mass is 9.91. The molecule has 1 N–H and O–H groups in total. The number of sulfonamides is 1. The number of nitrogens with one attached hydrogen (secondary N) is 1. The van der Waals surface area contributed by atoms with Crippen molar-refractivity contribution in [3.8, 4) is 0 Å². The molecule has 1 aliphatic carbocycles. The zero-order valence-corrected chi connectivity index (χ0v) is 18.5. The van der Waals surface area contributed by atoms with E-state index in [0.29, 0.717) is 11.3 Å². The van der Waals surface area contributed by atoms with Gasteiger partial charge in [0.15, 0.2) is 5.78 Å². The Morgan fingerprint density at radius 3 is 2.43 bits per heavy atom. The second kappa shape index (κ2) is 8.47. The maximum absolute atomic E-state index is 13.4. The number of amides is 2. The summed E-state index contributed by atoms with van der Waals surface area (Å²) in [6, 6.07) is 6.54. The molecular formula is C21H29N3O5S. The van der Waals surface area contributed by atoms with E-state index in [4.69, 9.17) is 0 Å². The Labute approximate surface area is 177 Å². The van der Waals surface area contributed by atoms with E-state index in [1.165, 1.54) is 11.8 Å². The van der Waals surface area contributed by atoms with Crippen LogP contribution in [0.2, 0.25) is 0 Å². The van der Waals surface area contributed by atoms with Crippen molar-refractivity contribution in [2.24, 2.45) is 0 Å². The number of hydrogen-bond donors (Lipinski definition) is 1. The summed E-state index contributed by atoms with van der Waals surface area (Å²) in [6.07, 6.45) is 5.96. The summed E-state index contributed by atoms with van der Waals surface area (Å²) in [5.41, 5.74) is -0.617. The molecule has 0 spiro atoms. The molecule has 1 aromatic carbocycles. The largest absolute Gasteiger partial charge is 0.351 e. The number of hydrogen-bond acceptors (Lipinski definition) is 5. The predicted molar refractivity (Wildman–Crippen MR) is 114 cm³/mol. The molecule has 3 rings (SSSR count). The van der Waals surface area contributed by atoms with Crippen LogP contribution < -0.4 is 10.2 Å². The van der Waals surface area contributed by atoms with Crippen molar-refractivity contribution in [1.29, 1.82) is 0 Å². The van der Waals surface area contributed by atoms with E-state index in [9.17, 15) is 22.8 Å². The molecule has 30 heavy (non-hydrogen) atoms. The Balaban J connectivity index is 2.01. The molecule has 2 amide bonds. The number of carbonyl (C=O) groups excluding carboxylic acids is 3. The van der Waals surface area contributed by atoms with Gasteiger partial charge in [-0.25, -0.2) is 8.42 Å². The van der Waals surface area contributed by atoms with Crippen LogP contribution in [0.25, 0.3) is 0 Å². The van der Waals surface area contributed by atoms with Crippen molar-refractivity contribution in [2.75, 3.05) is 24.2 Å². The van der Waals surface area contributed by atoms with Gasteiger partial charge in [0, 0.05) is 23.8 Å².